The van der Waals surface area contributed by atoms with E-state index in [1.54, 1.807) is 30.3 Å². The van der Waals surface area contributed by atoms with Crippen molar-refractivity contribution in [2.75, 3.05) is 0 Å². The summed E-state index contributed by atoms with van der Waals surface area (Å²) in [6.45, 7) is 0.415. The molecular weight excluding hydrogens is 544 g/mol. The monoisotopic (exact) mass is 558 g/mol. The summed E-state index contributed by atoms with van der Waals surface area (Å²) in [6, 6.07) is 18.5. The number of carbonyl (C=O) groups excluding carboxylic acids is 2. The maximum Gasteiger partial charge on any atom is 0.293 e. The Balaban J connectivity index is 1.43. The lowest BCUT2D eigenvalue weighted by Gasteiger charge is -2.12. The third-order valence-electron chi connectivity index (χ3n) is 4.92. The van der Waals surface area contributed by atoms with Gasteiger partial charge in [-0.1, -0.05) is 41.9 Å². The van der Waals surface area contributed by atoms with Crippen LogP contribution in [0.25, 0.3) is 6.08 Å². The number of ether oxygens (including phenoxy) is 1. The number of imide groups is 1. The molecular formula is C24H16BrClN2O5S. The quantitative estimate of drug-likeness (QED) is 0.179. The number of rotatable bonds is 7. The molecule has 0 N–H and O–H groups in total. The number of benzene rings is 3. The second kappa shape index (κ2) is 10.4. The van der Waals surface area contributed by atoms with Crippen LogP contribution in [0.5, 0.6) is 5.75 Å². The normalized spacial score (nSPS) is 14.6. The summed E-state index contributed by atoms with van der Waals surface area (Å²) >= 11 is 10.2. The Bertz CT molecular complexity index is 1300. The largest absolute Gasteiger partial charge is 0.488 e. The van der Waals surface area contributed by atoms with Gasteiger partial charge in [-0.3, -0.25) is 24.6 Å². The number of non-ortho nitro benzene ring substituents is 1. The summed E-state index contributed by atoms with van der Waals surface area (Å²) in [4.78, 5) is 36.9. The number of hydrogen-bond acceptors (Lipinski definition) is 6. The second-order valence-electron chi connectivity index (χ2n) is 7.30. The zero-order valence-electron chi connectivity index (χ0n) is 17.4. The lowest BCUT2D eigenvalue weighted by atomic mass is 10.2. The van der Waals surface area contributed by atoms with Crippen LogP contribution in [-0.4, -0.2) is 21.0 Å². The molecule has 0 bridgehead atoms. The molecule has 0 atom stereocenters. The van der Waals surface area contributed by atoms with E-state index in [9.17, 15) is 19.7 Å². The second-order valence-corrected chi connectivity index (χ2v) is 9.58. The van der Waals surface area contributed by atoms with E-state index in [1.165, 1.54) is 24.3 Å². The number of amides is 2. The van der Waals surface area contributed by atoms with Crippen LogP contribution < -0.4 is 4.74 Å². The Morgan fingerprint density at radius 3 is 2.35 bits per heavy atom. The maximum absolute atomic E-state index is 12.8. The van der Waals surface area contributed by atoms with E-state index in [0.717, 1.165) is 27.8 Å². The topological polar surface area (TPSA) is 89.8 Å². The minimum absolute atomic E-state index is 0.0428. The van der Waals surface area contributed by atoms with E-state index < -0.39 is 16.1 Å². The van der Waals surface area contributed by atoms with Gasteiger partial charge in [0.1, 0.15) is 12.4 Å². The first-order valence-corrected chi connectivity index (χ1v) is 11.9. The summed E-state index contributed by atoms with van der Waals surface area (Å²) in [5, 5.41) is 11.1. The molecule has 0 aliphatic carbocycles. The first-order valence-electron chi connectivity index (χ1n) is 9.95. The van der Waals surface area contributed by atoms with Crippen molar-refractivity contribution >= 4 is 62.2 Å². The lowest BCUT2D eigenvalue weighted by Crippen LogP contribution is -2.27. The highest BCUT2D eigenvalue weighted by atomic mass is 79.9. The maximum atomic E-state index is 12.8. The van der Waals surface area contributed by atoms with Crippen LogP contribution >= 0.6 is 39.3 Å². The summed E-state index contributed by atoms with van der Waals surface area (Å²) in [5.41, 5.74) is 2.27. The van der Waals surface area contributed by atoms with Gasteiger partial charge in [-0.05, 0) is 74.7 Å². The Labute approximate surface area is 212 Å². The molecule has 1 saturated heterocycles. The lowest BCUT2D eigenvalue weighted by molar-refractivity contribution is -0.384. The predicted octanol–water partition coefficient (Wildman–Crippen LogP) is 6.83. The molecule has 1 aliphatic rings. The third-order valence-corrected chi connectivity index (χ3v) is 6.70. The molecule has 172 valence electrons. The molecule has 3 aromatic rings. The van der Waals surface area contributed by atoms with Gasteiger partial charge in [0.05, 0.1) is 20.8 Å². The number of thioether (sulfide) groups is 1. The van der Waals surface area contributed by atoms with Gasteiger partial charge in [0.25, 0.3) is 16.8 Å². The molecule has 1 heterocycles. The Kier molecular flexibility index (Phi) is 7.35. The van der Waals surface area contributed by atoms with E-state index in [4.69, 9.17) is 16.3 Å². The van der Waals surface area contributed by atoms with Crippen molar-refractivity contribution in [1.29, 1.82) is 0 Å². The first kappa shape index (κ1) is 24.0. The molecule has 1 aliphatic heterocycles. The van der Waals surface area contributed by atoms with Crippen LogP contribution in [0.2, 0.25) is 5.02 Å². The van der Waals surface area contributed by atoms with Crippen molar-refractivity contribution in [3.63, 3.8) is 0 Å². The molecule has 4 rings (SSSR count). The molecule has 7 nitrogen and oxygen atoms in total. The average molecular weight is 560 g/mol. The fourth-order valence-electron chi connectivity index (χ4n) is 3.16. The molecule has 34 heavy (non-hydrogen) atoms. The van der Waals surface area contributed by atoms with Crippen LogP contribution in [-0.2, 0) is 17.9 Å². The van der Waals surface area contributed by atoms with E-state index >= 15 is 0 Å². The van der Waals surface area contributed by atoms with Crippen molar-refractivity contribution in [3.8, 4) is 5.75 Å². The van der Waals surface area contributed by atoms with Crippen molar-refractivity contribution in [2.24, 2.45) is 0 Å². The van der Waals surface area contributed by atoms with Crippen molar-refractivity contribution < 1.29 is 19.2 Å². The van der Waals surface area contributed by atoms with Crippen LogP contribution in [0.4, 0.5) is 10.5 Å². The molecule has 2 amide bonds. The Morgan fingerprint density at radius 1 is 1.03 bits per heavy atom. The summed E-state index contributed by atoms with van der Waals surface area (Å²) in [7, 11) is 0. The van der Waals surface area contributed by atoms with Gasteiger partial charge in [0, 0.05) is 17.2 Å². The van der Waals surface area contributed by atoms with Gasteiger partial charge in [0.15, 0.2) is 0 Å². The minimum Gasteiger partial charge on any atom is -0.488 e. The van der Waals surface area contributed by atoms with E-state index in [2.05, 4.69) is 15.9 Å². The Morgan fingerprint density at radius 2 is 1.71 bits per heavy atom. The summed E-state index contributed by atoms with van der Waals surface area (Å²) in [6.07, 6.45) is 1.65. The fraction of sp³-hybridized carbons (Fsp3) is 0.0833. The van der Waals surface area contributed by atoms with Crippen LogP contribution in [0.1, 0.15) is 16.7 Å². The highest BCUT2D eigenvalue weighted by molar-refractivity contribution is 9.10. The van der Waals surface area contributed by atoms with Gasteiger partial charge < -0.3 is 4.74 Å². The number of halogens is 2. The minimum atomic E-state index is -0.501. The highest BCUT2D eigenvalue weighted by Gasteiger charge is 2.35. The predicted molar refractivity (Wildman–Crippen MR) is 135 cm³/mol. The van der Waals surface area contributed by atoms with Crippen molar-refractivity contribution in [2.45, 2.75) is 13.2 Å². The van der Waals surface area contributed by atoms with Gasteiger partial charge in [0.2, 0.25) is 0 Å². The summed E-state index contributed by atoms with van der Waals surface area (Å²) in [5.74, 6) is 0.228. The van der Waals surface area contributed by atoms with Gasteiger partial charge in [-0.2, -0.15) is 0 Å². The van der Waals surface area contributed by atoms with Crippen molar-refractivity contribution in [1.82, 2.24) is 4.90 Å². The molecule has 3 aromatic carbocycles. The molecule has 0 unspecified atom stereocenters. The van der Waals surface area contributed by atoms with Crippen LogP contribution in [0.15, 0.2) is 76.1 Å². The standard InChI is InChI=1S/C24H16BrClN2O5S/c25-20-11-17(5-10-21(20)33-14-16-1-6-18(26)7-2-16)12-22-23(29)27(24(30)34-22)13-15-3-8-19(9-4-15)28(31)32/h1-12H,13-14H2/b22-12+. The van der Waals surface area contributed by atoms with Gasteiger partial charge in [-0.15, -0.1) is 0 Å². The number of nitrogens with zero attached hydrogens (tertiary/aromatic N) is 2. The number of hydrogen-bond donors (Lipinski definition) is 0. The highest BCUT2D eigenvalue weighted by Crippen LogP contribution is 2.35. The molecule has 0 spiro atoms. The number of nitro groups is 1. The van der Waals surface area contributed by atoms with Crippen LogP contribution in [0, 0.1) is 10.1 Å². The molecule has 0 saturated carbocycles. The molecule has 0 radical (unpaired) electrons. The molecule has 0 aromatic heterocycles. The van der Waals surface area contributed by atoms with Gasteiger partial charge in [-0.25, -0.2) is 0 Å². The SMILES string of the molecule is O=C1S/C(=C/c2ccc(OCc3ccc(Cl)cc3)c(Br)c2)C(=O)N1Cc1ccc([N+](=O)[O-])cc1. The van der Waals surface area contributed by atoms with Gasteiger partial charge >= 0.3 is 0 Å². The number of nitro benzene ring substituents is 1. The molecule has 10 heteroatoms. The van der Waals surface area contributed by atoms with E-state index in [-0.39, 0.29) is 12.2 Å². The smallest absolute Gasteiger partial charge is 0.293 e. The summed E-state index contributed by atoms with van der Waals surface area (Å²) < 4.78 is 6.55. The van der Waals surface area contributed by atoms with E-state index in [1.807, 2.05) is 18.2 Å². The first-order chi connectivity index (χ1) is 16.3. The zero-order chi connectivity index (χ0) is 24.2. The van der Waals surface area contributed by atoms with Crippen molar-refractivity contribution in [3.05, 3.63) is 108 Å². The van der Waals surface area contributed by atoms with E-state index in [0.29, 0.717) is 32.3 Å². The fourth-order valence-corrected chi connectivity index (χ4v) is 4.63. The Hall–Kier alpha value is -3.14. The zero-order valence-corrected chi connectivity index (χ0v) is 20.6. The number of carbonyl (C=O) groups is 2. The average Bonchev–Trinajstić information content (AvgIpc) is 3.07. The molecule has 1 fully saturated rings. The third kappa shape index (κ3) is 5.67. The van der Waals surface area contributed by atoms with Crippen LogP contribution in [0.3, 0.4) is 0 Å².